The van der Waals surface area contributed by atoms with Crippen molar-refractivity contribution < 1.29 is 19.1 Å². The molecule has 0 aliphatic carbocycles. The van der Waals surface area contributed by atoms with E-state index in [2.05, 4.69) is 30.5 Å². The molecule has 5 rings (SSSR count). The zero-order valence-corrected chi connectivity index (χ0v) is 18.1. The van der Waals surface area contributed by atoms with Crippen LogP contribution in [0.4, 0.5) is 5.69 Å². The van der Waals surface area contributed by atoms with Gasteiger partial charge in [0.15, 0.2) is 12.3 Å². The first-order chi connectivity index (χ1) is 16.0. The minimum atomic E-state index is -0.402. The largest absolute Gasteiger partial charge is 0.482 e. The lowest BCUT2D eigenvalue weighted by atomic mass is 10.1. The molecular formula is C22H23N7O4. The number of likely N-dealkylation sites (N-methyl/N-ethyl adjacent to an activating group) is 1. The van der Waals surface area contributed by atoms with Crippen LogP contribution in [0.5, 0.6) is 5.75 Å². The molecule has 4 heterocycles. The number of aromatic nitrogens is 3. The van der Waals surface area contributed by atoms with Gasteiger partial charge in [0.25, 0.3) is 17.7 Å². The van der Waals surface area contributed by atoms with Crippen LogP contribution >= 0.6 is 0 Å². The second-order valence-electron chi connectivity index (χ2n) is 8.09. The predicted octanol–water partition coefficient (Wildman–Crippen LogP) is 0.606. The maximum Gasteiger partial charge on any atom is 0.272 e. The third-order valence-corrected chi connectivity index (χ3v) is 5.83. The highest BCUT2D eigenvalue weighted by atomic mass is 16.5. The predicted molar refractivity (Wildman–Crippen MR) is 119 cm³/mol. The highest BCUT2D eigenvalue weighted by molar-refractivity contribution is 6.10. The van der Waals surface area contributed by atoms with E-state index in [-0.39, 0.29) is 30.7 Å². The van der Waals surface area contributed by atoms with Gasteiger partial charge in [-0.15, -0.1) is 0 Å². The Morgan fingerprint density at radius 1 is 1.18 bits per heavy atom. The van der Waals surface area contributed by atoms with E-state index in [4.69, 9.17) is 4.74 Å². The average Bonchev–Trinajstić information content (AvgIpc) is 3.26. The van der Waals surface area contributed by atoms with Gasteiger partial charge < -0.3 is 30.2 Å². The molecule has 1 saturated heterocycles. The van der Waals surface area contributed by atoms with Crippen molar-refractivity contribution >= 4 is 34.4 Å². The van der Waals surface area contributed by atoms with Crippen LogP contribution in [0.1, 0.15) is 26.4 Å². The number of rotatable bonds is 4. The molecule has 2 aromatic heterocycles. The number of aromatic amines is 1. The molecule has 3 amide bonds. The van der Waals surface area contributed by atoms with E-state index < -0.39 is 5.91 Å². The number of hydrogen-bond acceptors (Lipinski definition) is 7. The van der Waals surface area contributed by atoms with Gasteiger partial charge in [-0.3, -0.25) is 14.4 Å². The van der Waals surface area contributed by atoms with Crippen molar-refractivity contribution in [3.05, 3.63) is 47.5 Å². The number of nitrogens with zero attached hydrogens (tertiary/aromatic N) is 4. The molecule has 11 heteroatoms. The third kappa shape index (κ3) is 4.10. The van der Waals surface area contributed by atoms with Crippen molar-refractivity contribution in [3.63, 3.8) is 0 Å². The van der Waals surface area contributed by atoms with Crippen LogP contribution in [0.2, 0.25) is 0 Å². The number of fused-ring (bicyclic) bond motifs is 2. The summed E-state index contributed by atoms with van der Waals surface area (Å²) < 4.78 is 5.35. The Labute approximate surface area is 189 Å². The molecule has 170 valence electrons. The summed E-state index contributed by atoms with van der Waals surface area (Å²) in [6.45, 7) is 3.13. The second kappa shape index (κ2) is 8.51. The van der Waals surface area contributed by atoms with E-state index >= 15 is 0 Å². The molecule has 0 bridgehead atoms. The molecule has 2 aliphatic heterocycles. The monoisotopic (exact) mass is 449 g/mol. The summed E-state index contributed by atoms with van der Waals surface area (Å²) >= 11 is 0. The molecule has 0 atom stereocenters. The van der Waals surface area contributed by atoms with E-state index in [1.54, 1.807) is 23.2 Å². The van der Waals surface area contributed by atoms with Crippen molar-refractivity contribution in [2.75, 3.05) is 45.2 Å². The Balaban J connectivity index is 1.32. The van der Waals surface area contributed by atoms with Crippen molar-refractivity contribution in [2.24, 2.45) is 0 Å². The standard InChI is InChI=1S/C22H23N7O4/c1-28-4-6-29(7-5-28)22(32)14-10-23-19-18(14)25-12-26-20(19)21(31)24-9-13-2-3-16-15(8-13)27-17(30)11-33-16/h2-3,8,10,12,23H,4-7,9,11H2,1H3,(H,24,31)(H,27,30). The van der Waals surface area contributed by atoms with E-state index in [0.717, 1.165) is 18.7 Å². The lowest BCUT2D eigenvalue weighted by molar-refractivity contribution is -0.118. The first kappa shape index (κ1) is 20.9. The van der Waals surface area contributed by atoms with E-state index in [9.17, 15) is 14.4 Å². The molecule has 1 aromatic carbocycles. The number of benzene rings is 1. The maximum atomic E-state index is 13.0. The van der Waals surface area contributed by atoms with E-state index in [0.29, 0.717) is 41.1 Å². The molecule has 3 aromatic rings. The summed E-state index contributed by atoms with van der Waals surface area (Å²) in [5.74, 6) is -0.148. The third-order valence-electron chi connectivity index (χ3n) is 5.83. The van der Waals surface area contributed by atoms with Gasteiger partial charge in [0, 0.05) is 38.9 Å². The Morgan fingerprint density at radius 2 is 2.00 bits per heavy atom. The van der Waals surface area contributed by atoms with Gasteiger partial charge in [0.05, 0.1) is 16.8 Å². The number of amides is 3. The number of nitrogens with one attached hydrogen (secondary N) is 3. The lowest BCUT2D eigenvalue weighted by Gasteiger charge is -2.32. The number of ether oxygens (including phenoxy) is 1. The normalized spacial score (nSPS) is 16.2. The van der Waals surface area contributed by atoms with Crippen molar-refractivity contribution in [1.82, 2.24) is 30.1 Å². The minimum absolute atomic E-state index is 0.0117. The van der Waals surface area contributed by atoms with Gasteiger partial charge in [-0.25, -0.2) is 9.97 Å². The molecule has 33 heavy (non-hydrogen) atoms. The van der Waals surface area contributed by atoms with Crippen LogP contribution in [0, 0.1) is 0 Å². The number of carbonyl (C=O) groups is 3. The quantitative estimate of drug-likeness (QED) is 0.531. The number of carbonyl (C=O) groups excluding carboxylic acids is 3. The van der Waals surface area contributed by atoms with Crippen LogP contribution in [0.15, 0.2) is 30.7 Å². The second-order valence-corrected chi connectivity index (χ2v) is 8.09. The molecule has 0 unspecified atom stereocenters. The van der Waals surface area contributed by atoms with Crippen molar-refractivity contribution in [2.45, 2.75) is 6.54 Å². The molecule has 1 fully saturated rings. The Hall–Kier alpha value is -3.99. The first-order valence-electron chi connectivity index (χ1n) is 10.6. The van der Waals surface area contributed by atoms with Crippen molar-refractivity contribution in [3.8, 4) is 5.75 Å². The smallest absolute Gasteiger partial charge is 0.272 e. The highest BCUT2D eigenvalue weighted by Crippen LogP contribution is 2.28. The zero-order chi connectivity index (χ0) is 22.9. The topological polar surface area (TPSA) is 133 Å². The van der Waals surface area contributed by atoms with Gasteiger partial charge in [0.1, 0.15) is 17.6 Å². The fourth-order valence-electron chi connectivity index (χ4n) is 3.96. The summed E-state index contributed by atoms with van der Waals surface area (Å²) in [7, 11) is 2.03. The van der Waals surface area contributed by atoms with Crippen LogP contribution in [0.3, 0.4) is 0 Å². The minimum Gasteiger partial charge on any atom is -0.482 e. The van der Waals surface area contributed by atoms with E-state index in [1.165, 1.54) is 6.33 Å². The number of piperazine rings is 1. The SMILES string of the molecule is CN1CCN(C(=O)c2c[nH]c3c(C(=O)NCc4ccc5c(c4)NC(=O)CO5)ncnc23)CC1. The summed E-state index contributed by atoms with van der Waals surface area (Å²) in [6, 6.07) is 5.32. The number of hydrogen-bond donors (Lipinski definition) is 3. The fraction of sp³-hybridized carbons (Fsp3) is 0.318. The number of H-pyrrole nitrogens is 1. The summed E-state index contributed by atoms with van der Waals surface area (Å²) in [5, 5.41) is 5.57. The fourth-order valence-corrected chi connectivity index (χ4v) is 3.96. The van der Waals surface area contributed by atoms with Gasteiger partial charge in [0.2, 0.25) is 0 Å². The lowest BCUT2D eigenvalue weighted by Crippen LogP contribution is -2.47. The Bertz CT molecular complexity index is 1250. The van der Waals surface area contributed by atoms with Crippen molar-refractivity contribution in [1.29, 1.82) is 0 Å². The summed E-state index contributed by atoms with van der Waals surface area (Å²) in [5.41, 5.74) is 2.78. The first-order valence-corrected chi connectivity index (χ1v) is 10.6. The van der Waals surface area contributed by atoms with Crippen LogP contribution in [-0.4, -0.2) is 82.3 Å². The Morgan fingerprint density at radius 3 is 2.82 bits per heavy atom. The summed E-state index contributed by atoms with van der Waals surface area (Å²) in [6.07, 6.45) is 2.88. The zero-order valence-electron chi connectivity index (χ0n) is 18.1. The van der Waals surface area contributed by atoms with Gasteiger partial charge in [-0.2, -0.15) is 0 Å². The molecule has 0 radical (unpaired) electrons. The molecular weight excluding hydrogens is 426 g/mol. The highest BCUT2D eigenvalue weighted by Gasteiger charge is 2.25. The summed E-state index contributed by atoms with van der Waals surface area (Å²) in [4.78, 5) is 52.8. The van der Waals surface area contributed by atoms with Crippen LogP contribution in [-0.2, 0) is 11.3 Å². The molecule has 3 N–H and O–H groups in total. The molecule has 2 aliphatic rings. The Kier molecular flexibility index (Phi) is 5.38. The maximum absolute atomic E-state index is 13.0. The van der Waals surface area contributed by atoms with E-state index in [1.807, 2.05) is 13.1 Å². The molecule has 0 saturated carbocycles. The van der Waals surface area contributed by atoms with Crippen LogP contribution in [0.25, 0.3) is 11.0 Å². The molecule has 11 nitrogen and oxygen atoms in total. The van der Waals surface area contributed by atoms with Crippen LogP contribution < -0.4 is 15.4 Å². The average molecular weight is 449 g/mol. The molecule has 0 spiro atoms. The van der Waals surface area contributed by atoms with Gasteiger partial charge in [-0.1, -0.05) is 6.07 Å². The van der Waals surface area contributed by atoms with Gasteiger partial charge in [-0.05, 0) is 24.7 Å². The number of anilines is 1. The van der Waals surface area contributed by atoms with Gasteiger partial charge >= 0.3 is 0 Å².